The van der Waals surface area contributed by atoms with E-state index in [4.69, 9.17) is 5.11 Å². The van der Waals surface area contributed by atoms with E-state index in [1.807, 2.05) is 0 Å². The molecule has 0 aliphatic carbocycles. The van der Waals surface area contributed by atoms with Gasteiger partial charge in [0.15, 0.2) is 0 Å². The maximum Gasteiger partial charge on any atom is 0.416 e. The Hall–Kier alpha value is -2.35. The van der Waals surface area contributed by atoms with Crippen LogP contribution in [0.2, 0.25) is 0 Å². The highest BCUT2D eigenvalue weighted by atomic mass is 19.4. The van der Waals surface area contributed by atoms with Gasteiger partial charge in [-0.05, 0) is 17.7 Å². The summed E-state index contributed by atoms with van der Waals surface area (Å²) in [7, 11) is 0. The Morgan fingerprint density at radius 2 is 1.85 bits per heavy atom. The van der Waals surface area contributed by atoms with Crippen LogP contribution in [0.1, 0.15) is 33.3 Å². The number of aromatic nitrogens is 1. The van der Waals surface area contributed by atoms with Crippen molar-refractivity contribution in [2.75, 3.05) is 0 Å². The first-order chi connectivity index (χ1) is 9.30. The lowest BCUT2D eigenvalue weighted by Gasteiger charge is -2.11. The fraction of sp³-hybridized carbons (Fsp3) is 0.167. The lowest BCUT2D eigenvalue weighted by atomic mass is 10.0. The molecule has 0 saturated carbocycles. The van der Waals surface area contributed by atoms with Crippen LogP contribution in [0.5, 0.6) is 0 Å². The summed E-state index contributed by atoms with van der Waals surface area (Å²) in [5, 5.41) is 22.1. The first kappa shape index (κ1) is 14.1. The molecule has 2 N–H and O–H groups in total. The average Bonchev–Trinajstić information content (AvgIpc) is 2.86. The molecule has 0 fully saturated rings. The van der Waals surface area contributed by atoms with E-state index in [0.717, 1.165) is 30.5 Å². The molecule has 1 aromatic heterocycles. The van der Waals surface area contributed by atoms with Crippen LogP contribution in [0.4, 0.5) is 13.2 Å². The van der Waals surface area contributed by atoms with E-state index >= 15 is 0 Å². The lowest BCUT2D eigenvalue weighted by molar-refractivity contribution is -0.137. The highest BCUT2D eigenvalue weighted by Crippen LogP contribution is 2.31. The van der Waals surface area contributed by atoms with Crippen molar-refractivity contribution >= 4 is 5.97 Å². The van der Waals surface area contributed by atoms with Crippen molar-refractivity contribution in [3.8, 4) is 0 Å². The number of nitrogens with zero attached hydrogens (tertiary/aromatic N) is 1. The zero-order valence-corrected chi connectivity index (χ0v) is 9.76. The predicted molar refractivity (Wildman–Crippen MR) is 59.0 cm³/mol. The zero-order valence-electron chi connectivity index (χ0n) is 9.76. The number of rotatable bonds is 3. The quantitative estimate of drug-likeness (QED) is 0.906. The number of hydrogen-bond acceptors (Lipinski definition) is 4. The molecule has 106 valence electrons. The van der Waals surface area contributed by atoms with Gasteiger partial charge in [0.2, 0.25) is 0 Å². The van der Waals surface area contributed by atoms with Crippen LogP contribution < -0.4 is 0 Å². The number of carboxylic acid groups (broad SMARTS) is 1. The van der Waals surface area contributed by atoms with Gasteiger partial charge in [-0.25, -0.2) is 4.79 Å². The van der Waals surface area contributed by atoms with Crippen LogP contribution >= 0.6 is 0 Å². The second kappa shape index (κ2) is 4.97. The Kier molecular flexibility index (Phi) is 3.49. The summed E-state index contributed by atoms with van der Waals surface area (Å²) in [6, 6.07) is 3.68. The summed E-state index contributed by atoms with van der Waals surface area (Å²) >= 11 is 0. The summed E-state index contributed by atoms with van der Waals surface area (Å²) in [6.45, 7) is 0. The third-order valence-electron chi connectivity index (χ3n) is 2.64. The maximum absolute atomic E-state index is 12.4. The van der Waals surface area contributed by atoms with Gasteiger partial charge in [-0.3, -0.25) is 0 Å². The van der Waals surface area contributed by atoms with Crippen LogP contribution in [-0.2, 0) is 6.18 Å². The van der Waals surface area contributed by atoms with Crippen LogP contribution in [0, 0.1) is 0 Å². The molecule has 0 bridgehead atoms. The van der Waals surface area contributed by atoms with Crippen molar-refractivity contribution in [1.82, 2.24) is 5.16 Å². The average molecular weight is 287 g/mol. The number of aliphatic hydroxyl groups excluding tert-OH is 1. The summed E-state index contributed by atoms with van der Waals surface area (Å²) in [6.07, 6.45) is -5.13. The smallest absolute Gasteiger partial charge is 0.416 e. The van der Waals surface area contributed by atoms with Crippen LogP contribution in [0.3, 0.4) is 0 Å². The van der Waals surface area contributed by atoms with E-state index in [1.165, 1.54) is 0 Å². The monoisotopic (exact) mass is 287 g/mol. The largest absolute Gasteiger partial charge is 0.478 e. The topological polar surface area (TPSA) is 83.6 Å². The highest BCUT2D eigenvalue weighted by Gasteiger charge is 2.30. The number of aliphatic hydroxyl groups is 1. The normalized spacial score (nSPS) is 13.2. The fourth-order valence-corrected chi connectivity index (χ4v) is 1.61. The molecule has 0 spiro atoms. The van der Waals surface area contributed by atoms with E-state index in [0.29, 0.717) is 0 Å². The van der Waals surface area contributed by atoms with Crippen LogP contribution in [-0.4, -0.2) is 21.3 Å². The number of alkyl halides is 3. The number of benzene rings is 1. The molecule has 8 heteroatoms. The van der Waals surface area contributed by atoms with Crippen molar-refractivity contribution in [2.24, 2.45) is 0 Å². The predicted octanol–water partition coefficient (Wildman–Crippen LogP) is 2.47. The Morgan fingerprint density at radius 3 is 2.35 bits per heavy atom. The van der Waals surface area contributed by atoms with Gasteiger partial charge in [-0.1, -0.05) is 17.3 Å². The number of hydrogen-bond donors (Lipinski definition) is 2. The van der Waals surface area contributed by atoms with Gasteiger partial charge in [0.05, 0.1) is 5.56 Å². The van der Waals surface area contributed by atoms with E-state index in [2.05, 4.69) is 9.68 Å². The van der Waals surface area contributed by atoms with Crippen LogP contribution in [0.25, 0.3) is 0 Å². The van der Waals surface area contributed by atoms with Crippen molar-refractivity contribution in [3.63, 3.8) is 0 Å². The van der Waals surface area contributed by atoms with E-state index in [-0.39, 0.29) is 16.8 Å². The molecule has 0 saturated heterocycles. The minimum atomic E-state index is -4.48. The molecular weight excluding hydrogens is 279 g/mol. The van der Waals surface area contributed by atoms with E-state index in [9.17, 15) is 23.1 Å². The number of aromatic carboxylic acids is 1. The summed E-state index contributed by atoms with van der Waals surface area (Å²) in [5.41, 5.74) is -1.41. The fourth-order valence-electron chi connectivity index (χ4n) is 1.61. The Balaban J connectivity index is 2.32. The summed E-state index contributed by atoms with van der Waals surface area (Å²) in [5.74, 6) is -1.35. The Morgan fingerprint density at radius 1 is 1.25 bits per heavy atom. The first-order valence-corrected chi connectivity index (χ1v) is 5.33. The van der Waals surface area contributed by atoms with Gasteiger partial charge >= 0.3 is 12.1 Å². The van der Waals surface area contributed by atoms with E-state index in [1.54, 1.807) is 0 Å². The standard InChI is InChI=1S/C12H8F3NO4/c13-12(14,15)7-3-1-6(2-4-7)10(17)9-8(11(18)19)5-20-16-9/h1-5,10,17H,(H,18,19)/t10-/m0/s1. The minimum absolute atomic E-state index is 0.0781. The first-order valence-electron chi connectivity index (χ1n) is 5.33. The van der Waals surface area contributed by atoms with Crippen molar-refractivity contribution < 1.29 is 32.7 Å². The molecule has 20 heavy (non-hydrogen) atoms. The maximum atomic E-state index is 12.4. The molecule has 2 aromatic rings. The summed E-state index contributed by atoms with van der Waals surface area (Å²) < 4.78 is 41.6. The molecule has 5 nitrogen and oxygen atoms in total. The third kappa shape index (κ3) is 2.64. The molecule has 0 amide bonds. The van der Waals surface area contributed by atoms with Gasteiger partial charge in [0.25, 0.3) is 0 Å². The van der Waals surface area contributed by atoms with Crippen molar-refractivity contribution in [3.05, 3.63) is 52.9 Å². The lowest BCUT2D eigenvalue weighted by Crippen LogP contribution is -2.08. The molecule has 0 radical (unpaired) electrons. The van der Waals surface area contributed by atoms with Crippen molar-refractivity contribution in [1.29, 1.82) is 0 Å². The second-order valence-corrected chi connectivity index (χ2v) is 3.94. The van der Waals surface area contributed by atoms with Gasteiger partial charge in [-0.2, -0.15) is 13.2 Å². The minimum Gasteiger partial charge on any atom is -0.478 e. The zero-order chi connectivity index (χ0) is 14.9. The van der Waals surface area contributed by atoms with Gasteiger partial charge in [-0.15, -0.1) is 0 Å². The van der Waals surface area contributed by atoms with Gasteiger partial charge in [0, 0.05) is 0 Å². The molecule has 0 aliphatic heterocycles. The molecule has 1 aromatic carbocycles. The number of halogens is 3. The summed E-state index contributed by atoms with van der Waals surface area (Å²) in [4.78, 5) is 10.8. The molecule has 0 unspecified atom stereocenters. The van der Waals surface area contributed by atoms with Gasteiger partial charge < -0.3 is 14.7 Å². The molecule has 1 heterocycles. The molecule has 0 aliphatic rings. The Bertz CT molecular complexity index is 618. The number of carboxylic acids is 1. The van der Waals surface area contributed by atoms with Crippen LogP contribution in [0.15, 0.2) is 35.1 Å². The van der Waals surface area contributed by atoms with Gasteiger partial charge in [0.1, 0.15) is 23.6 Å². The molecule has 2 rings (SSSR count). The van der Waals surface area contributed by atoms with E-state index < -0.39 is 23.8 Å². The number of carbonyl (C=O) groups is 1. The highest BCUT2D eigenvalue weighted by molar-refractivity contribution is 5.88. The Labute approximate surface area is 110 Å². The van der Waals surface area contributed by atoms with Crippen molar-refractivity contribution in [2.45, 2.75) is 12.3 Å². The molecular formula is C12H8F3NO4. The SMILES string of the molecule is O=C(O)c1conc1[C@@H](O)c1ccc(C(F)(F)F)cc1. The molecule has 1 atom stereocenters. The third-order valence-corrected chi connectivity index (χ3v) is 2.64. The second-order valence-electron chi connectivity index (χ2n) is 3.94.